The molecule has 3 heterocycles. The predicted octanol–water partition coefficient (Wildman–Crippen LogP) is 1.96. The van der Waals surface area contributed by atoms with Crippen LogP contribution in [0.25, 0.3) is 11.0 Å². The van der Waals surface area contributed by atoms with E-state index < -0.39 is 5.63 Å². The topological polar surface area (TPSA) is 96.4 Å². The summed E-state index contributed by atoms with van der Waals surface area (Å²) in [7, 11) is 0. The Labute approximate surface area is 148 Å². The number of pyridine rings is 1. The summed E-state index contributed by atoms with van der Waals surface area (Å²) in [6.07, 6.45) is 1.27. The van der Waals surface area contributed by atoms with Crippen molar-refractivity contribution >= 4 is 16.9 Å². The molecule has 1 fully saturated rings. The third-order valence-corrected chi connectivity index (χ3v) is 4.16. The van der Waals surface area contributed by atoms with E-state index in [1.807, 2.05) is 12.1 Å². The molecule has 7 heteroatoms. The number of likely N-dealkylation sites (tertiary alicyclic amines) is 1. The van der Waals surface area contributed by atoms with Crippen LogP contribution in [0.2, 0.25) is 0 Å². The Balaban J connectivity index is 1.45. The number of nitrogens with zero attached hydrogens (tertiary/aromatic N) is 3. The van der Waals surface area contributed by atoms with Gasteiger partial charge in [0, 0.05) is 17.6 Å². The molecule has 0 bridgehead atoms. The first kappa shape index (κ1) is 15.8. The normalized spacial score (nSPS) is 13.9. The molecule has 4 rings (SSSR count). The van der Waals surface area contributed by atoms with Gasteiger partial charge in [-0.05, 0) is 18.2 Å². The van der Waals surface area contributed by atoms with Crippen molar-refractivity contribution in [2.45, 2.75) is 6.10 Å². The monoisotopic (exact) mass is 347 g/mol. The van der Waals surface area contributed by atoms with Crippen LogP contribution >= 0.6 is 0 Å². The molecule has 2 aromatic heterocycles. The molecule has 0 unspecified atom stereocenters. The van der Waals surface area contributed by atoms with E-state index in [1.54, 1.807) is 36.4 Å². The molecule has 26 heavy (non-hydrogen) atoms. The van der Waals surface area contributed by atoms with Gasteiger partial charge in [0.05, 0.1) is 24.7 Å². The fourth-order valence-corrected chi connectivity index (χ4v) is 2.77. The molecule has 1 saturated heterocycles. The van der Waals surface area contributed by atoms with E-state index in [-0.39, 0.29) is 17.6 Å². The summed E-state index contributed by atoms with van der Waals surface area (Å²) < 4.78 is 10.9. The average Bonchev–Trinajstić information content (AvgIpc) is 2.63. The molecule has 1 aliphatic rings. The van der Waals surface area contributed by atoms with Gasteiger partial charge in [-0.3, -0.25) is 4.79 Å². The Bertz CT molecular complexity index is 1090. The molecule has 0 spiro atoms. The van der Waals surface area contributed by atoms with Crippen molar-refractivity contribution in [3.8, 4) is 11.9 Å². The van der Waals surface area contributed by atoms with Gasteiger partial charge in [0.1, 0.15) is 17.3 Å². The Morgan fingerprint density at radius 3 is 2.88 bits per heavy atom. The third-order valence-electron chi connectivity index (χ3n) is 4.16. The number of hydrogen-bond acceptors (Lipinski definition) is 6. The van der Waals surface area contributed by atoms with Gasteiger partial charge in [0.2, 0.25) is 5.88 Å². The highest BCUT2D eigenvalue weighted by atomic mass is 16.5. The molecule has 1 aliphatic heterocycles. The molecular weight excluding hydrogens is 334 g/mol. The van der Waals surface area contributed by atoms with Gasteiger partial charge in [0.15, 0.2) is 0 Å². The zero-order valence-electron chi connectivity index (χ0n) is 13.6. The molecule has 1 aromatic carbocycles. The number of rotatable bonds is 3. The number of nitriles is 1. The van der Waals surface area contributed by atoms with Gasteiger partial charge in [-0.25, -0.2) is 9.78 Å². The molecule has 0 atom stereocenters. The minimum Gasteiger partial charge on any atom is -0.471 e. The Morgan fingerprint density at radius 1 is 1.27 bits per heavy atom. The highest BCUT2D eigenvalue weighted by molar-refractivity contribution is 5.97. The lowest BCUT2D eigenvalue weighted by atomic mass is 10.1. The Kier molecular flexibility index (Phi) is 3.86. The van der Waals surface area contributed by atoms with E-state index in [0.29, 0.717) is 35.5 Å². The minimum atomic E-state index is -0.651. The van der Waals surface area contributed by atoms with E-state index in [9.17, 15) is 9.59 Å². The first-order valence-electron chi connectivity index (χ1n) is 7.99. The fraction of sp³-hybridized carbons (Fsp3) is 0.158. The van der Waals surface area contributed by atoms with Crippen LogP contribution in [0.3, 0.4) is 0 Å². The lowest BCUT2D eigenvalue weighted by Gasteiger charge is -2.38. The zero-order valence-corrected chi connectivity index (χ0v) is 13.6. The van der Waals surface area contributed by atoms with Gasteiger partial charge in [-0.2, -0.15) is 5.26 Å². The smallest absolute Gasteiger partial charge is 0.349 e. The van der Waals surface area contributed by atoms with Crippen molar-refractivity contribution in [2.24, 2.45) is 0 Å². The summed E-state index contributed by atoms with van der Waals surface area (Å²) >= 11 is 0. The summed E-state index contributed by atoms with van der Waals surface area (Å²) in [6, 6.07) is 13.7. The second kappa shape index (κ2) is 6.33. The van der Waals surface area contributed by atoms with E-state index >= 15 is 0 Å². The van der Waals surface area contributed by atoms with Crippen molar-refractivity contribution in [1.29, 1.82) is 5.26 Å². The van der Waals surface area contributed by atoms with Crippen molar-refractivity contribution in [2.75, 3.05) is 13.1 Å². The first-order chi connectivity index (χ1) is 12.6. The largest absolute Gasteiger partial charge is 0.471 e. The quantitative estimate of drug-likeness (QED) is 0.672. The molecule has 1 amide bonds. The summed E-state index contributed by atoms with van der Waals surface area (Å²) in [6.45, 7) is 0.674. The molecule has 0 radical (unpaired) electrons. The highest BCUT2D eigenvalue weighted by Crippen LogP contribution is 2.20. The van der Waals surface area contributed by atoms with Crippen LogP contribution in [-0.4, -0.2) is 35.0 Å². The molecule has 0 aliphatic carbocycles. The van der Waals surface area contributed by atoms with Gasteiger partial charge in [-0.1, -0.05) is 18.2 Å². The lowest BCUT2D eigenvalue weighted by Crippen LogP contribution is -2.56. The number of fused-ring (bicyclic) bond motifs is 1. The van der Waals surface area contributed by atoms with Gasteiger partial charge in [0.25, 0.3) is 5.91 Å². The van der Waals surface area contributed by atoms with Crippen LogP contribution in [0.4, 0.5) is 0 Å². The number of ether oxygens (including phenoxy) is 1. The summed E-state index contributed by atoms with van der Waals surface area (Å²) in [5.41, 5.74) is 0.256. The Hall–Kier alpha value is -3.66. The van der Waals surface area contributed by atoms with E-state index in [0.717, 1.165) is 0 Å². The van der Waals surface area contributed by atoms with E-state index in [2.05, 4.69) is 4.98 Å². The maximum atomic E-state index is 12.5. The second-order valence-electron chi connectivity index (χ2n) is 5.93. The first-order valence-corrected chi connectivity index (χ1v) is 7.99. The zero-order chi connectivity index (χ0) is 18.1. The number of aromatic nitrogens is 1. The number of para-hydroxylation sites is 1. The van der Waals surface area contributed by atoms with Crippen LogP contribution in [0.15, 0.2) is 57.9 Å². The predicted molar refractivity (Wildman–Crippen MR) is 91.8 cm³/mol. The summed E-state index contributed by atoms with van der Waals surface area (Å²) in [5, 5.41) is 9.58. The molecule has 128 valence electrons. The average molecular weight is 347 g/mol. The SMILES string of the molecule is N#Cc1ccnc(OC2CN(C(=O)c3cc4ccccc4oc3=O)C2)c1. The van der Waals surface area contributed by atoms with Gasteiger partial charge < -0.3 is 14.1 Å². The van der Waals surface area contributed by atoms with Crippen molar-refractivity contribution in [3.05, 3.63) is 70.2 Å². The maximum Gasteiger partial charge on any atom is 0.349 e. The van der Waals surface area contributed by atoms with Crippen LogP contribution in [0, 0.1) is 11.3 Å². The molecule has 0 saturated carbocycles. The molecule has 0 N–H and O–H groups in total. The minimum absolute atomic E-state index is 0.00625. The van der Waals surface area contributed by atoms with Crippen LogP contribution < -0.4 is 10.4 Å². The molecule has 7 nitrogen and oxygen atoms in total. The number of benzene rings is 1. The highest BCUT2D eigenvalue weighted by Gasteiger charge is 2.34. The van der Waals surface area contributed by atoms with Crippen LogP contribution in [-0.2, 0) is 0 Å². The van der Waals surface area contributed by atoms with E-state index in [4.69, 9.17) is 14.4 Å². The number of carbonyl (C=O) groups is 1. The standard InChI is InChI=1S/C19H13N3O4/c20-9-12-5-6-21-17(7-12)25-14-10-22(11-14)18(23)15-8-13-3-1-2-4-16(13)26-19(15)24/h1-8,14H,10-11H2. The Morgan fingerprint density at radius 2 is 2.08 bits per heavy atom. The van der Waals surface area contributed by atoms with Crippen molar-refractivity contribution < 1.29 is 13.9 Å². The maximum absolute atomic E-state index is 12.5. The summed E-state index contributed by atoms with van der Waals surface area (Å²) in [5.74, 6) is -0.0468. The lowest BCUT2D eigenvalue weighted by molar-refractivity contribution is 0.0157. The number of amides is 1. The van der Waals surface area contributed by atoms with Crippen LogP contribution in [0.5, 0.6) is 5.88 Å². The molecule has 3 aromatic rings. The van der Waals surface area contributed by atoms with Gasteiger partial charge >= 0.3 is 5.63 Å². The van der Waals surface area contributed by atoms with Gasteiger partial charge in [-0.15, -0.1) is 0 Å². The number of carbonyl (C=O) groups excluding carboxylic acids is 1. The van der Waals surface area contributed by atoms with Crippen molar-refractivity contribution in [1.82, 2.24) is 9.88 Å². The third kappa shape index (κ3) is 2.89. The van der Waals surface area contributed by atoms with Crippen LogP contribution in [0.1, 0.15) is 15.9 Å². The second-order valence-corrected chi connectivity index (χ2v) is 5.93. The fourth-order valence-electron chi connectivity index (χ4n) is 2.77. The number of hydrogen-bond donors (Lipinski definition) is 0. The van der Waals surface area contributed by atoms with Crippen molar-refractivity contribution in [3.63, 3.8) is 0 Å². The molecular formula is C19H13N3O4. The van der Waals surface area contributed by atoms with E-state index in [1.165, 1.54) is 11.1 Å². The summed E-state index contributed by atoms with van der Waals surface area (Å²) in [4.78, 5) is 30.2.